The van der Waals surface area contributed by atoms with Crippen LogP contribution in [0.15, 0.2) is 0 Å². The summed E-state index contributed by atoms with van der Waals surface area (Å²) in [5.74, 6) is -1.80. The number of alkyl halides is 2. The second-order valence-corrected chi connectivity index (χ2v) is 8.38. The Morgan fingerprint density at radius 3 is 1.69 bits per heavy atom. The van der Waals surface area contributed by atoms with Gasteiger partial charge in [0.05, 0.1) is 12.2 Å². The smallest absolute Gasteiger partial charge is 0.376 e. The van der Waals surface area contributed by atoms with Crippen molar-refractivity contribution in [2.24, 2.45) is 11.8 Å². The normalized spacial score (nSPS) is 22.8. The third kappa shape index (κ3) is 7.80. The molecule has 6 nitrogen and oxygen atoms in total. The van der Waals surface area contributed by atoms with Crippen molar-refractivity contribution < 1.29 is 28.6 Å². The lowest BCUT2D eigenvalue weighted by molar-refractivity contribution is -0.156. The fourth-order valence-electron chi connectivity index (χ4n) is 1.86. The molecule has 1 saturated heterocycles. The van der Waals surface area contributed by atoms with E-state index in [1.165, 1.54) is 0 Å². The molecule has 152 valence electrons. The van der Waals surface area contributed by atoms with E-state index in [-0.39, 0.29) is 30.1 Å². The molecule has 0 amide bonds. The van der Waals surface area contributed by atoms with E-state index in [0.717, 1.165) is 0 Å². The van der Waals surface area contributed by atoms with Crippen molar-refractivity contribution in [2.75, 3.05) is 0 Å². The fraction of sp³-hybridized carbons (Fsp3) is 0.833. The monoisotopic (exact) mass is 412 g/mol. The molecule has 3 unspecified atom stereocenters. The highest BCUT2D eigenvalue weighted by Crippen LogP contribution is 2.46. The van der Waals surface area contributed by atoms with Crippen molar-refractivity contribution in [3.05, 3.63) is 0 Å². The summed E-state index contributed by atoms with van der Waals surface area (Å²) in [6, 6.07) is 0. The summed E-state index contributed by atoms with van der Waals surface area (Å²) in [5, 5.41) is -2.00. The van der Waals surface area contributed by atoms with E-state index in [4.69, 9.17) is 37.4 Å². The van der Waals surface area contributed by atoms with E-state index < -0.39 is 28.2 Å². The van der Waals surface area contributed by atoms with E-state index in [2.05, 4.69) is 0 Å². The first-order chi connectivity index (χ1) is 11.7. The molecule has 0 aromatic rings. The maximum Gasteiger partial charge on any atom is 0.376 e. The fourth-order valence-corrected chi connectivity index (χ4v) is 2.34. The van der Waals surface area contributed by atoms with Crippen molar-refractivity contribution in [2.45, 2.75) is 84.1 Å². The highest BCUT2D eigenvalue weighted by Gasteiger charge is 2.64. The number of esters is 2. The molecule has 0 spiro atoms. The van der Waals surface area contributed by atoms with Gasteiger partial charge in [0.2, 0.25) is 0 Å². The Labute approximate surface area is 165 Å². The van der Waals surface area contributed by atoms with E-state index in [1.54, 1.807) is 41.5 Å². The molecule has 8 heteroatoms. The average molecular weight is 413 g/mol. The summed E-state index contributed by atoms with van der Waals surface area (Å²) in [7, 11) is 0. The molecule has 0 N–H and O–H groups in total. The molecule has 1 aliphatic heterocycles. The Morgan fingerprint density at radius 2 is 1.38 bits per heavy atom. The van der Waals surface area contributed by atoms with Gasteiger partial charge in [0, 0.05) is 0 Å². The lowest BCUT2D eigenvalue weighted by Crippen LogP contribution is -2.31. The maximum atomic E-state index is 11.4. The van der Waals surface area contributed by atoms with Crippen molar-refractivity contribution >= 4 is 40.9 Å². The topological polar surface area (TPSA) is 82.2 Å². The molecule has 26 heavy (non-hydrogen) atoms. The van der Waals surface area contributed by atoms with Crippen LogP contribution in [0.1, 0.15) is 55.4 Å². The first-order valence-electron chi connectivity index (χ1n) is 8.70. The van der Waals surface area contributed by atoms with Gasteiger partial charge in [-0.2, -0.15) is 0 Å². The number of Topliss-reactive ketones (excluding diaryl/α,β-unsaturated/α-hetero) is 1. The largest absolute Gasteiger partial charge is 0.460 e. The van der Waals surface area contributed by atoms with Crippen LogP contribution in [0.2, 0.25) is 0 Å². The van der Waals surface area contributed by atoms with E-state index in [9.17, 15) is 14.4 Å². The summed E-state index contributed by atoms with van der Waals surface area (Å²) in [6.07, 6.45) is -0.645. The molecule has 0 aromatic heterocycles. The molecule has 1 heterocycles. The summed E-state index contributed by atoms with van der Waals surface area (Å²) >= 11 is 11.6. The molecule has 0 aromatic carbocycles. The molecule has 1 fully saturated rings. The van der Waals surface area contributed by atoms with Gasteiger partial charge in [0.15, 0.2) is 0 Å². The van der Waals surface area contributed by atoms with Crippen LogP contribution in [-0.2, 0) is 28.6 Å². The van der Waals surface area contributed by atoms with Gasteiger partial charge >= 0.3 is 11.9 Å². The van der Waals surface area contributed by atoms with Gasteiger partial charge in [-0.3, -0.25) is 4.79 Å². The van der Waals surface area contributed by atoms with Crippen LogP contribution in [-0.4, -0.2) is 46.5 Å². The molecule has 0 aliphatic carbocycles. The number of carbonyl (C=O) groups is 3. The quantitative estimate of drug-likeness (QED) is 0.274. The summed E-state index contributed by atoms with van der Waals surface area (Å²) < 4.78 is 14.8. The lowest BCUT2D eigenvalue weighted by Gasteiger charge is -2.12. The summed E-state index contributed by atoms with van der Waals surface area (Å²) in [4.78, 5) is 33.6. The second kappa shape index (κ2) is 10.5. The molecule has 0 radical (unpaired) electrons. The number of epoxide rings is 1. The van der Waals surface area contributed by atoms with Gasteiger partial charge in [0.1, 0.15) is 11.5 Å². The molecular weight excluding hydrogens is 383 g/mol. The van der Waals surface area contributed by atoms with Crippen LogP contribution in [0.5, 0.6) is 0 Å². The van der Waals surface area contributed by atoms with Gasteiger partial charge in [-0.25, -0.2) is 9.59 Å². The van der Waals surface area contributed by atoms with Crippen LogP contribution in [0.3, 0.4) is 0 Å². The number of ether oxygens (including phenoxy) is 3. The zero-order chi connectivity index (χ0) is 20.8. The van der Waals surface area contributed by atoms with Crippen molar-refractivity contribution in [3.63, 3.8) is 0 Å². The Morgan fingerprint density at radius 1 is 0.923 bits per heavy atom. The zero-order valence-electron chi connectivity index (χ0n) is 16.7. The minimum absolute atomic E-state index is 0.0612. The molecule has 1 aliphatic rings. The van der Waals surface area contributed by atoms with Crippen LogP contribution < -0.4 is 0 Å². The maximum absolute atomic E-state index is 11.4. The highest BCUT2D eigenvalue weighted by atomic mass is 35.5. The molecule has 0 bridgehead atoms. The van der Waals surface area contributed by atoms with Gasteiger partial charge < -0.3 is 14.2 Å². The molecular formula is C18H30Cl2O6. The summed E-state index contributed by atoms with van der Waals surface area (Å²) in [5.41, 5.74) is 0. The Balaban J connectivity index is 0.000000481. The predicted octanol–water partition coefficient (Wildman–Crippen LogP) is 3.70. The van der Waals surface area contributed by atoms with Crippen LogP contribution >= 0.6 is 23.2 Å². The van der Waals surface area contributed by atoms with Crippen molar-refractivity contribution in [3.8, 4) is 0 Å². The van der Waals surface area contributed by atoms with Gasteiger partial charge in [0.25, 0.3) is 10.8 Å². The number of ketones is 1. The third-order valence-electron chi connectivity index (χ3n) is 3.21. The Hall–Kier alpha value is -0.850. The first kappa shape index (κ1) is 25.1. The summed E-state index contributed by atoms with van der Waals surface area (Å²) in [6.45, 7) is 14.4. The van der Waals surface area contributed by atoms with E-state index in [0.29, 0.717) is 0 Å². The van der Waals surface area contributed by atoms with Gasteiger partial charge in [-0.1, -0.05) is 39.3 Å². The highest BCUT2D eigenvalue weighted by molar-refractivity contribution is 6.47. The van der Waals surface area contributed by atoms with Crippen LogP contribution in [0, 0.1) is 11.8 Å². The minimum atomic E-state index is -1.21. The standard InChI is InChI=1S/2C9H15ClO3/c1-5(2)7-9(10,13-7)8(11)12-6(3)4;1-5(2)7(10)8(11)9(12)13-6(3)4/h2*5-7H,1-4H3. The molecule has 3 atom stereocenters. The van der Waals surface area contributed by atoms with Crippen LogP contribution in [0.4, 0.5) is 0 Å². The SMILES string of the molecule is CC(C)OC(=O)C(=O)C(Cl)C(C)C.CC(C)OC(=O)C1(Cl)OC1C(C)C. The average Bonchev–Trinajstić information content (AvgIpc) is 3.19. The first-order valence-corrected chi connectivity index (χ1v) is 9.52. The molecule has 1 rings (SSSR count). The van der Waals surface area contributed by atoms with E-state index >= 15 is 0 Å². The minimum Gasteiger partial charge on any atom is -0.460 e. The van der Waals surface area contributed by atoms with Crippen molar-refractivity contribution in [1.82, 2.24) is 0 Å². The zero-order valence-corrected chi connectivity index (χ0v) is 18.2. The van der Waals surface area contributed by atoms with E-state index in [1.807, 2.05) is 13.8 Å². The Kier molecular flexibility index (Phi) is 10.1. The second-order valence-electron chi connectivity index (χ2n) is 7.35. The lowest BCUT2D eigenvalue weighted by atomic mass is 10.1. The number of hydrogen-bond acceptors (Lipinski definition) is 6. The van der Waals surface area contributed by atoms with Gasteiger partial charge in [-0.15, -0.1) is 11.6 Å². The number of carbonyl (C=O) groups excluding carboxylic acids is 3. The van der Waals surface area contributed by atoms with Gasteiger partial charge in [-0.05, 0) is 39.5 Å². The van der Waals surface area contributed by atoms with Crippen molar-refractivity contribution in [1.29, 1.82) is 0 Å². The number of halogens is 2. The predicted molar refractivity (Wildman–Crippen MR) is 100 cm³/mol. The van der Waals surface area contributed by atoms with Crippen LogP contribution in [0.25, 0.3) is 0 Å². The Bertz CT molecular complexity index is 504. The number of hydrogen-bond donors (Lipinski definition) is 0. The molecule has 0 saturated carbocycles. The number of rotatable bonds is 7. The third-order valence-corrected chi connectivity index (χ3v) is 4.37.